The van der Waals surface area contributed by atoms with Gasteiger partial charge in [-0.15, -0.1) is 0 Å². The quantitative estimate of drug-likeness (QED) is 0.719. The van der Waals surface area contributed by atoms with Crippen molar-refractivity contribution < 1.29 is 14.6 Å². The fraction of sp³-hybridized carbons (Fsp3) is 0.909. The minimum Gasteiger partial charge on any atom is -0.481 e. The van der Waals surface area contributed by atoms with Gasteiger partial charge in [0.25, 0.3) is 0 Å². The smallest absolute Gasteiger partial charge is 0.303 e. The second-order valence-electron chi connectivity index (χ2n) is 4.72. The molecule has 0 spiro atoms. The van der Waals surface area contributed by atoms with Crippen molar-refractivity contribution in [2.24, 2.45) is 0 Å². The molecule has 86 valence electrons. The van der Waals surface area contributed by atoms with E-state index < -0.39 is 5.97 Å². The number of fused-ring (bicyclic) bond motifs is 2. The molecule has 0 aromatic heterocycles. The lowest BCUT2D eigenvalue weighted by molar-refractivity contribution is -0.137. The Labute approximate surface area is 90.0 Å². The number of ether oxygens (including phenoxy) is 1. The van der Waals surface area contributed by atoms with Crippen molar-refractivity contribution >= 4 is 5.97 Å². The van der Waals surface area contributed by atoms with Crippen molar-refractivity contribution in [3.05, 3.63) is 0 Å². The third kappa shape index (κ3) is 2.69. The molecule has 4 unspecified atom stereocenters. The SMILES string of the molecule is CC(CCC(=O)O)NC1CC2CCC1O2. The van der Waals surface area contributed by atoms with E-state index >= 15 is 0 Å². The summed E-state index contributed by atoms with van der Waals surface area (Å²) in [5.41, 5.74) is 0. The largest absolute Gasteiger partial charge is 0.481 e. The van der Waals surface area contributed by atoms with Crippen molar-refractivity contribution in [3.8, 4) is 0 Å². The molecule has 4 nitrogen and oxygen atoms in total. The average molecular weight is 213 g/mol. The van der Waals surface area contributed by atoms with Gasteiger partial charge >= 0.3 is 5.97 Å². The molecule has 2 N–H and O–H groups in total. The summed E-state index contributed by atoms with van der Waals surface area (Å²) in [5, 5.41) is 12.1. The zero-order valence-electron chi connectivity index (χ0n) is 9.11. The van der Waals surface area contributed by atoms with E-state index in [1.807, 2.05) is 0 Å². The van der Waals surface area contributed by atoms with Crippen LogP contribution in [0.3, 0.4) is 0 Å². The van der Waals surface area contributed by atoms with Gasteiger partial charge in [-0.05, 0) is 32.6 Å². The highest BCUT2D eigenvalue weighted by molar-refractivity contribution is 5.66. The maximum atomic E-state index is 10.4. The Kier molecular flexibility index (Phi) is 3.26. The molecule has 2 saturated heterocycles. The summed E-state index contributed by atoms with van der Waals surface area (Å²) in [4.78, 5) is 10.4. The molecule has 0 aromatic carbocycles. The van der Waals surface area contributed by atoms with Crippen molar-refractivity contribution in [1.29, 1.82) is 0 Å². The van der Waals surface area contributed by atoms with Gasteiger partial charge in [0.1, 0.15) is 0 Å². The molecule has 2 aliphatic heterocycles. The molecule has 0 radical (unpaired) electrons. The second kappa shape index (κ2) is 4.49. The molecule has 2 rings (SSSR count). The van der Waals surface area contributed by atoms with Crippen LogP contribution in [0.4, 0.5) is 0 Å². The van der Waals surface area contributed by atoms with Gasteiger partial charge in [-0.1, -0.05) is 0 Å². The van der Waals surface area contributed by atoms with Crippen LogP contribution >= 0.6 is 0 Å². The number of nitrogens with one attached hydrogen (secondary N) is 1. The van der Waals surface area contributed by atoms with Crippen LogP contribution in [-0.4, -0.2) is 35.4 Å². The minimum absolute atomic E-state index is 0.246. The van der Waals surface area contributed by atoms with Crippen LogP contribution in [0.5, 0.6) is 0 Å². The van der Waals surface area contributed by atoms with Crippen LogP contribution < -0.4 is 5.32 Å². The molecule has 0 saturated carbocycles. The lowest BCUT2D eigenvalue weighted by Crippen LogP contribution is -2.42. The number of aliphatic carboxylic acids is 1. The predicted molar refractivity (Wildman–Crippen MR) is 55.8 cm³/mol. The molecule has 4 atom stereocenters. The molecule has 15 heavy (non-hydrogen) atoms. The first kappa shape index (κ1) is 10.9. The molecule has 2 bridgehead atoms. The zero-order valence-corrected chi connectivity index (χ0v) is 9.11. The standard InChI is InChI=1S/C11H19NO3/c1-7(2-5-11(13)14)12-9-6-8-3-4-10(9)15-8/h7-10,12H,2-6H2,1H3,(H,13,14). The Morgan fingerprint density at radius 2 is 2.40 bits per heavy atom. The van der Waals surface area contributed by atoms with E-state index in [0.29, 0.717) is 24.7 Å². The Hall–Kier alpha value is -0.610. The summed E-state index contributed by atoms with van der Waals surface area (Å²) in [5.74, 6) is -0.715. The van der Waals surface area contributed by atoms with E-state index in [4.69, 9.17) is 9.84 Å². The molecule has 0 aromatic rings. The van der Waals surface area contributed by atoms with Gasteiger partial charge in [-0.25, -0.2) is 0 Å². The molecular formula is C11H19NO3. The maximum Gasteiger partial charge on any atom is 0.303 e. The maximum absolute atomic E-state index is 10.4. The normalized spacial score (nSPS) is 35.7. The average Bonchev–Trinajstić information content (AvgIpc) is 2.76. The third-order valence-electron chi connectivity index (χ3n) is 3.40. The Balaban J connectivity index is 1.70. The van der Waals surface area contributed by atoms with Crippen molar-refractivity contribution in [1.82, 2.24) is 5.32 Å². The summed E-state index contributed by atoms with van der Waals surface area (Å²) >= 11 is 0. The zero-order chi connectivity index (χ0) is 10.8. The van der Waals surface area contributed by atoms with Crippen LogP contribution in [0.25, 0.3) is 0 Å². The summed E-state index contributed by atoms with van der Waals surface area (Å²) in [6.45, 7) is 2.05. The lowest BCUT2D eigenvalue weighted by Gasteiger charge is -2.24. The first-order valence-corrected chi connectivity index (χ1v) is 5.78. The van der Waals surface area contributed by atoms with E-state index in [0.717, 1.165) is 12.8 Å². The number of rotatable bonds is 5. The van der Waals surface area contributed by atoms with E-state index in [-0.39, 0.29) is 12.5 Å². The molecule has 2 heterocycles. The van der Waals surface area contributed by atoms with Gasteiger partial charge in [-0.2, -0.15) is 0 Å². The van der Waals surface area contributed by atoms with E-state index in [1.165, 1.54) is 6.42 Å². The van der Waals surface area contributed by atoms with Gasteiger partial charge in [-0.3, -0.25) is 4.79 Å². The van der Waals surface area contributed by atoms with Crippen molar-refractivity contribution in [3.63, 3.8) is 0 Å². The van der Waals surface area contributed by atoms with Crippen molar-refractivity contribution in [2.75, 3.05) is 0 Å². The second-order valence-corrected chi connectivity index (χ2v) is 4.72. The minimum atomic E-state index is -0.715. The van der Waals surface area contributed by atoms with Crippen LogP contribution in [0.15, 0.2) is 0 Å². The van der Waals surface area contributed by atoms with Crippen molar-refractivity contribution in [2.45, 2.75) is 63.3 Å². The van der Waals surface area contributed by atoms with Gasteiger partial charge in [0.2, 0.25) is 0 Å². The summed E-state index contributed by atoms with van der Waals surface area (Å²) < 4.78 is 5.73. The van der Waals surface area contributed by atoms with Crippen LogP contribution in [-0.2, 0) is 9.53 Å². The highest BCUT2D eigenvalue weighted by Crippen LogP contribution is 2.34. The van der Waals surface area contributed by atoms with Gasteiger partial charge in [0.05, 0.1) is 12.2 Å². The fourth-order valence-electron chi connectivity index (χ4n) is 2.60. The lowest BCUT2D eigenvalue weighted by atomic mass is 9.94. The predicted octanol–water partition coefficient (Wildman–Crippen LogP) is 1.15. The Bertz CT molecular complexity index is 244. The molecule has 4 heteroatoms. The van der Waals surface area contributed by atoms with Gasteiger partial charge in [0, 0.05) is 18.5 Å². The molecule has 2 aliphatic rings. The highest BCUT2D eigenvalue weighted by atomic mass is 16.5. The molecule has 0 aliphatic carbocycles. The first-order chi connectivity index (χ1) is 7.15. The fourth-order valence-corrected chi connectivity index (χ4v) is 2.60. The summed E-state index contributed by atoms with van der Waals surface area (Å²) in [7, 11) is 0. The monoisotopic (exact) mass is 213 g/mol. The molecule has 2 fully saturated rings. The number of hydrogen-bond acceptors (Lipinski definition) is 3. The van der Waals surface area contributed by atoms with Crippen LogP contribution in [0.2, 0.25) is 0 Å². The Morgan fingerprint density at radius 1 is 1.60 bits per heavy atom. The van der Waals surface area contributed by atoms with Gasteiger partial charge in [0.15, 0.2) is 0 Å². The first-order valence-electron chi connectivity index (χ1n) is 5.78. The highest BCUT2D eigenvalue weighted by Gasteiger charge is 2.40. The van der Waals surface area contributed by atoms with Gasteiger partial charge < -0.3 is 15.2 Å². The number of hydrogen-bond donors (Lipinski definition) is 2. The molecular weight excluding hydrogens is 194 g/mol. The summed E-state index contributed by atoms with van der Waals surface area (Å²) in [6, 6.07) is 0.724. The topological polar surface area (TPSA) is 58.6 Å². The number of carbonyl (C=O) groups is 1. The third-order valence-corrected chi connectivity index (χ3v) is 3.40. The summed E-state index contributed by atoms with van der Waals surface area (Å²) in [6.07, 6.45) is 5.24. The van der Waals surface area contributed by atoms with Crippen LogP contribution in [0, 0.1) is 0 Å². The van der Waals surface area contributed by atoms with E-state index in [1.54, 1.807) is 0 Å². The van der Waals surface area contributed by atoms with E-state index in [9.17, 15) is 4.79 Å². The Morgan fingerprint density at radius 3 is 2.93 bits per heavy atom. The number of carboxylic acid groups (broad SMARTS) is 1. The molecule has 0 amide bonds. The van der Waals surface area contributed by atoms with Crippen LogP contribution in [0.1, 0.15) is 39.0 Å². The van der Waals surface area contributed by atoms with E-state index in [2.05, 4.69) is 12.2 Å². The number of carboxylic acids is 1.